The summed E-state index contributed by atoms with van der Waals surface area (Å²) in [6.45, 7) is 3.79. The molecule has 0 spiro atoms. The Morgan fingerprint density at radius 2 is 1.83 bits per heavy atom. The number of benzene rings is 2. The maximum Gasteiger partial charge on any atom is 0.239 e. The fourth-order valence-corrected chi connectivity index (χ4v) is 6.49. The maximum absolute atomic E-state index is 13.1. The Kier molecular flexibility index (Phi) is 5.38. The fraction of sp³-hybridized carbons (Fsp3) is 0.435. The van der Waals surface area contributed by atoms with Crippen LogP contribution in [-0.2, 0) is 14.6 Å². The van der Waals surface area contributed by atoms with E-state index in [-0.39, 0.29) is 22.2 Å². The minimum Gasteiger partial charge on any atom is -0.376 e. The molecular formula is C23H28N2O3S. The van der Waals surface area contributed by atoms with Crippen LogP contribution in [0, 0.1) is 25.7 Å². The molecule has 3 atom stereocenters. The molecule has 2 aromatic carbocycles. The zero-order chi connectivity index (χ0) is 20.6. The van der Waals surface area contributed by atoms with Gasteiger partial charge < -0.3 is 10.6 Å². The highest BCUT2D eigenvalue weighted by molar-refractivity contribution is 7.91. The van der Waals surface area contributed by atoms with Crippen LogP contribution >= 0.6 is 0 Å². The van der Waals surface area contributed by atoms with Crippen LogP contribution < -0.4 is 10.6 Å². The van der Waals surface area contributed by atoms with Gasteiger partial charge in [0.05, 0.1) is 16.3 Å². The van der Waals surface area contributed by atoms with Gasteiger partial charge in [-0.2, -0.15) is 0 Å². The number of sulfone groups is 1. The molecule has 2 fully saturated rings. The predicted molar refractivity (Wildman–Crippen MR) is 114 cm³/mol. The quantitative estimate of drug-likeness (QED) is 0.756. The van der Waals surface area contributed by atoms with Crippen molar-refractivity contribution in [3.8, 4) is 0 Å². The van der Waals surface area contributed by atoms with Crippen molar-refractivity contribution in [1.82, 2.24) is 5.32 Å². The van der Waals surface area contributed by atoms with Gasteiger partial charge in [-0.3, -0.25) is 4.79 Å². The lowest BCUT2D eigenvalue weighted by atomic mass is 9.95. The molecule has 0 aromatic heterocycles. The molecule has 0 radical (unpaired) electrons. The summed E-state index contributed by atoms with van der Waals surface area (Å²) < 4.78 is 26.2. The third-order valence-electron chi connectivity index (χ3n) is 6.37. The SMILES string of the molecule is Cc1cc(NCC(=O)NC2CC3CCC2C3)c(C)c(S(=O)(=O)c2ccccc2)c1. The minimum absolute atomic E-state index is 0.0316. The largest absolute Gasteiger partial charge is 0.376 e. The molecule has 6 heteroatoms. The summed E-state index contributed by atoms with van der Waals surface area (Å²) in [7, 11) is -3.62. The maximum atomic E-state index is 13.1. The molecule has 4 rings (SSSR count). The van der Waals surface area contributed by atoms with Crippen molar-refractivity contribution in [2.45, 2.75) is 55.4 Å². The molecule has 154 valence electrons. The number of rotatable bonds is 6. The van der Waals surface area contributed by atoms with Crippen molar-refractivity contribution in [1.29, 1.82) is 0 Å². The van der Waals surface area contributed by atoms with Crippen LogP contribution in [0.1, 0.15) is 36.8 Å². The zero-order valence-electron chi connectivity index (χ0n) is 16.9. The van der Waals surface area contributed by atoms with Gasteiger partial charge in [0, 0.05) is 11.7 Å². The Morgan fingerprint density at radius 1 is 1.07 bits per heavy atom. The molecule has 2 saturated carbocycles. The van der Waals surface area contributed by atoms with E-state index in [9.17, 15) is 13.2 Å². The van der Waals surface area contributed by atoms with E-state index in [0.717, 1.165) is 17.9 Å². The van der Waals surface area contributed by atoms with Crippen LogP contribution in [0.5, 0.6) is 0 Å². The van der Waals surface area contributed by atoms with Crippen LogP contribution in [-0.4, -0.2) is 26.9 Å². The minimum atomic E-state index is -3.62. The molecule has 2 N–H and O–H groups in total. The average molecular weight is 413 g/mol. The Morgan fingerprint density at radius 3 is 2.48 bits per heavy atom. The van der Waals surface area contributed by atoms with Gasteiger partial charge in [-0.1, -0.05) is 24.6 Å². The number of carbonyl (C=O) groups excluding carboxylic acids is 1. The van der Waals surface area contributed by atoms with E-state index in [0.29, 0.717) is 23.2 Å². The van der Waals surface area contributed by atoms with Gasteiger partial charge in [-0.15, -0.1) is 0 Å². The predicted octanol–water partition coefficient (Wildman–Crippen LogP) is 3.85. The number of anilines is 1. The van der Waals surface area contributed by atoms with Crippen LogP contribution in [0.15, 0.2) is 52.3 Å². The summed E-state index contributed by atoms with van der Waals surface area (Å²) >= 11 is 0. The normalized spacial score (nSPS) is 23.2. The summed E-state index contributed by atoms with van der Waals surface area (Å²) in [6, 6.07) is 12.3. The standard InChI is InChI=1S/C23H28N2O3S/c1-15-10-20(24-14-23(26)25-21-13-17-8-9-18(21)12-17)16(2)22(11-15)29(27,28)19-6-4-3-5-7-19/h3-7,10-11,17-18,21,24H,8-9,12-14H2,1-2H3,(H,25,26). The molecule has 0 heterocycles. The highest BCUT2D eigenvalue weighted by atomic mass is 32.2. The number of hydrogen-bond acceptors (Lipinski definition) is 4. The van der Waals surface area contributed by atoms with E-state index in [4.69, 9.17) is 0 Å². The van der Waals surface area contributed by atoms with Crippen molar-refractivity contribution >= 4 is 21.4 Å². The first kappa shape index (κ1) is 20.0. The van der Waals surface area contributed by atoms with E-state index in [1.807, 2.05) is 13.0 Å². The number of hydrogen-bond donors (Lipinski definition) is 2. The smallest absolute Gasteiger partial charge is 0.239 e. The molecule has 29 heavy (non-hydrogen) atoms. The fourth-order valence-electron chi connectivity index (χ4n) is 4.87. The molecule has 0 saturated heterocycles. The number of nitrogens with one attached hydrogen (secondary N) is 2. The van der Waals surface area contributed by atoms with Crippen LogP contribution in [0.25, 0.3) is 0 Å². The van der Waals surface area contributed by atoms with Gasteiger partial charge in [-0.05, 0) is 80.3 Å². The van der Waals surface area contributed by atoms with Gasteiger partial charge in [0.25, 0.3) is 0 Å². The van der Waals surface area contributed by atoms with Gasteiger partial charge >= 0.3 is 0 Å². The molecular weight excluding hydrogens is 384 g/mol. The monoisotopic (exact) mass is 412 g/mol. The second-order valence-electron chi connectivity index (χ2n) is 8.45. The van der Waals surface area contributed by atoms with Gasteiger partial charge in [0.15, 0.2) is 0 Å². The molecule has 2 aliphatic rings. The third kappa shape index (κ3) is 4.04. The Bertz CT molecular complexity index is 1020. The lowest BCUT2D eigenvalue weighted by Gasteiger charge is -2.23. The summed E-state index contributed by atoms with van der Waals surface area (Å²) in [5.74, 6) is 1.38. The lowest BCUT2D eigenvalue weighted by Crippen LogP contribution is -2.41. The molecule has 0 aliphatic heterocycles. The summed E-state index contributed by atoms with van der Waals surface area (Å²) in [5.41, 5.74) is 2.15. The molecule has 2 aromatic rings. The first-order valence-corrected chi connectivity index (χ1v) is 11.8. The van der Waals surface area contributed by atoms with Crippen LogP contribution in [0.2, 0.25) is 0 Å². The van der Waals surface area contributed by atoms with Crippen molar-refractivity contribution < 1.29 is 13.2 Å². The van der Waals surface area contributed by atoms with E-state index < -0.39 is 9.84 Å². The second kappa shape index (κ2) is 7.82. The van der Waals surface area contributed by atoms with Crippen molar-refractivity contribution in [3.05, 3.63) is 53.6 Å². The zero-order valence-corrected chi connectivity index (χ0v) is 17.8. The Hall–Kier alpha value is -2.34. The van der Waals surface area contributed by atoms with Gasteiger partial charge in [-0.25, -0.2) is 8.42 Å². The topological polar surface area (TPSA) is 75.3 Å². The molecule has 1 amide bonds. The highest BCUT2D eigenvalue weighted by Gasteiger charge is 2.40. The summed E-state index contributed by atoms with van der Waals surface area (Å²) in [6.07, 6.45) is 4.87. The Balaban J connectivity index is 1.49. The van der Waals surface area contributed by atoms with Gasteiger partial charge in [0.1, 0.15) is 0 Å². The highest BCUT2D eigenvalue weighted by Crippen LogP contribution is 2.44. The number of carbonyl (C=O) groups is 1. The van der Waals surface area contributed by atoms with Crippen molar-refractivity contribution in [2.75, 3.05) is 11.9 Å². The first-order valence-electron chi connectivity index (χ1n) is 10.3. The molecule has 2 bridgehead atoms. The first-order chi connectivity index (χ1) is 13.8. The molecule has 5 nitrogen and oxygen atoms in total. The van der Waals surface area contributed by atoms with Crippen LogP contribution in [0.3, 0.4) is 0 Å². The lowest BCUT2D eigenvalue weighted by molar-refractivity contribution is -0.120. The van der Waals surface area contributed by atoms with E-state index in [1.165, 1.54) is 19.3 Å². The van der Waals surface area contributed by atoms with Crippen LogP contribution in [0.4, 0.5) is 5.69 Å². The van der Waals surface area contributed by atoms with Gasteiger partial charge in [0.2, 0.25) is 15.7 Å². The van der Waals surface area contributed by atoms with E-state index in [2.05, 4.69) is 10.6 Å². The Labute approximate surface area is 172 Å². The summed E-state index contributed by atoms with van der Waals surface area (Å²) in [5, 5.41) is 6.32. The summed E-state index contributed by atoms with van der Waals surface area (Å²) in [4.78, 5) is 13.0. The number of amides is 1. The second-order valence-corrected chi connectivity index (χ2v) is 10.4. The molecule has 3 unspecified atom stereocenters. The molecule has 2 aliphatic carbocycles. The van der Waals surface area contributed by atoms with E-state index >= 15 is 0 Å². The average Bonchev–Trinajstić information content (AvgIpc) is 3.32. The number of aryl methyl sites for hydroxylation is 1. The number of fused-ring (bicyclic) bond motifs is 2. The van der Waals surface area contributed by atoms with Crippen molar-refractivity contribution in [3.63, 3.8) is 0 Å². The van der Waals surface area contributed by atoms with E-state index in [1.54, 1.807) is 43.3 Å². The third-order valence-corrected chi connectivity index (χ3v) is 8.27. The van der Waals surface area contributed by atoms with Crippen molar-refractivity contribution in [2.24, 2.45) is 11.8 Å².